The maximum atomic E-state index is 5.62. The molecule has 0 aromatic rings. The molecule has 0 heterocycles. The molecule has 0 aliphatic rings. The lowest BCUT2D eigenvalue weighted by molar-refractivity contribution is 0.321. The van der Waals surface area contributed by atoms with Gasteiger partial charge in [-0.05, 0) is 19.6 Å². The molecule has 0 aliphatic heterocycles. The summed E-state index contributed by atoms with van der Waals surface area (Å²) in [7, 11) is 0. The summed E-state index contributed by atoms with van der Waals surface area (Å²) < 4.78 is 0. The molecule has 10 heavy (non-hydrogen) atoms. The maximum absolute atomic E-state index is 5.62. The molecular weight excluding hydrogens is 126 g/mol. The number of nitrogens with one attached hydrogen (secondary N) is 2. The fourth-order valence-corrected chi connectivity index (χ4v) is 0.671. The van der Waals surface area contributed by atoms with Gasteiger partial charge in [0.1, 0.15) is 0 Å². The van der Waals surface area contributed by atoms with Crippen LogP contribution in [0.25, 0.3) is 0 Å². The fourth-order valence-electron chi connectivity index (χ4n) is 0.671. The Morgan fingerprint density at radius 1 is 1.00 bits per heavy atom. The van der Waals surface area contributed by atoms with Crippen LogP contribution in [0.5, 0.6) is 0 Å². The SMILES string of the molecule is CCN(CC)CC.N=C=N. The topological polar surface area (TPSA) is 50.9 Å². The first kappa shape index (κ1) is 12.1. The summed E-state index contributed by atoms with van der Waals surface area (Å²) in [6, 6.07) is 1.25. The molecule has 0 aromatic carbocycles. The third kappa shape index (κ3) is 10.3. The molecule has 0 aromatic heterocycles. The number of hydrogen-bond donors (Lipinski definition) is 2. The maximum Gasteiger partial charge on any atom is 0.0831 e. The highest BCUT2D eigenvalue weighted by atomic mass is 15.1. The van der Waals surface area contributed by atoms with Crippen LogP contribution in [-0.4, -0.2) is 30.5 Å². The molecule has 3 heteroatoms. The van der Waals surface area contributed by atoms with Crippen molar-refractivity contribution in [3.8, 4) is 0 Å². The van der Waals surface area contributed by atoms with E-state index in [1.807, 2.05) is 0 Å². The first-order valence-electron chi connectivity index (χ1n) is 3.57. The van der Waals surface area contributed by atoms with E-state index < -0.39 is 0 Å². The summed E-state index contributed by atoms with van der Waals surface area (Å²) >= 11 is 0. The van der Waals surface area contributed by atoms with Crippen molar-refractivity contribution < 1.29 is 0 Å². The third-order valence-corrected chi connectivity index (χ3v) is 1.34. The minimum absolute atomic E-state index is 1.19. The molecule has 0 fully saturated rings. The molecule has 60 valence electrons. The molecule has 0 saturated heterocycles. The molecule has 3 nitrogen and oxygen atoms in total. The lowest BCUT2D eigenvalue weighted by Crippen LogP contribution is -2.21. The largest absolute Gasteiger partial charge is 0.304 e. The molecule has 0 aliphatic carbocycles. The molecule has 0 bridgehead atoms. The Labute approximate surface area is 63.1 Å². The van der Waals surface area contributed by atoms with Crippen LogP contribution in [0.3, 0.4) is 0 Å². The van der Waals surface area contributed by atoms with Crippen molar-refractivity contribution in [3.63, 3.8) is 0 Å². The van der Waals surface area contributed by atoms with Crippen molar-refractivity contribution in [2.45, 2.75) is 20.8 Å². The smallest absolute Gasteiger partial charge is 0.0831 e. The monoisotopic (exact) mass is 143 g/mol. The average Bonchev–Trinajstić information content (AvgIpc) is 1.93. The number of rotatable bonds is 3. The van der Waals surface area contributed by atoms with Crippen molar-refractivity contribution in [2.75, 3.05) is 19.6 Å². The van der Waals surface area contributed by atoms with Gasteiger partial charge in [-0.3, -0.25) is 0 Å². The lowest BCUT2D eigenvalue weighted by atomic mass is 10.5. The van der Waals surface area contributed by atoms with Crippen LogP contribution in [0.15, 0.2) is 0 Å². The van der Waals surface area contributed by atoms with Gasteiger partial charge in [0.2, 0.25) is 0 Å². The number of hydrogen-bond acceptors (Lipinski definition) is 3. The Morgan fingerprint density at radius 3 is 1.20 bits per heavy atom. The zero-order valence-electron chi connectivity index (χ0n) is 7.07. The van der Waals surface area contributed by atoms with Gasteiger partial charge in [0.15, 0.2) is 0 Å². The highest BCUT2D eigenvalue weighted by Gasteiger charge is 1.89. The molecule has 0 radical (unpaired) electrons. The molecule has 0 atom stereocenters. The van der Waals surface area contributed by atoms with Crippen LogP contribution >= 0.6 is 0 Å². The Balaban J connectivity index is 0. The van der Waals surface area contributed by atoms with Gasteiger partial charge >= 0.3 is 0 Å². The van der Waals surface area contributed by atoms with Crippen LogP contribution in [0.4, 0.5) is 0 Å². The van der Waals surface area contributed by atoms with Gasteiger partial charge in [0.05, 0.1) is 6.01 Å². The lowest BCUT2D eigenvalue weighted by Gasteiger charge is -2.13. The summed E-state index contributed by atoms with van der Waals surface area (Å²) in [6.07, 6.45) is 0. The summed E-state index contributed by atoms with van der Waals surface area (Å²) in [4.78, 5) is 2.38. The second-order valence-corrected chi connectivity index (χ2v) is 1.74. The minimum Gasteiger partial charge on any atom is -0.304 e. The zero-order chi connectivity index (χ0) is 8.41. The highest BCUT2D eigenvalue weighted by molar-refractivity contribution is 5.29. The van der Waals surface area contributed by atoms with Gasteiger partial charge in [0, 0.05) is 0 Å². The van der Waals surface area contributed by atoms with Crippen molar-refractivity contribution in [1.29, 1.82) is 10.8 Å². The predicted octanol–water partition coefficient (Wildman–Crippen LogP) is 1.67. The normalized spacial score (nSPS) is 8.00. The van der Waals surface area contributed by atoms with Crippen molar-refractivity contribution in [2.24, 2.45) is 0 Å². The highest BCUT2D eigenvalue weighted by Crippen LogP contribution is 1.81. The van der Waals surface area contributed by atoms with E-state index in [-0.39, 0.29) is 0 Å². The summed E-state index contributed by atoms with van der Waals surface area (Å²) in [5.41, 5.74) is 0. The van der Waals surface area contributed by atoms with Crippen LogP contribution < -0.4 is 0 Å². The molecule has 0 unspecified atom stereocenters. The summed E-state index contributed by atoms with van der Waals surface area (Å²) in [6.45, 7) is 10.1. The van der Waals surface area contributed by atoms with Crippen molar-refractivity contribution in [1.82, 2.24) is 4.90 Å². The van der Waals surface area contributed by atoms with E-state index in [0.29, 0.717) is 0 Å². The Morgan fingerprint density at radius 2 is 1.20 bits per heavy atom. The van der Waals surface area contributed by atoms with Crippen molar-refractivity contribution >= 4 is 6.01 Å². The standard InChI is InChI=1S/C6H15N.CH2N2/c1-4-7(5-2)6-3;2-1-3/h4-6H2,1-3H3;2-3H. The Hall–Kier alpha value is -0.660. The quantitative estimate of drug-likeness (QED) is 0.580. The van der Waals surface area contributed by atoms with Gasteiger partial charge < -0.3 is 4.90 Å². The summed E-state index contributed by atoms with van der Waals surface area (Å²) in [5, 5.41) is 11.2. The molecular formula is C7H17N3. The van der Waals surface area contributed by atoms with Gasteiger partial charge in [-0.25, -0.2) is 10.8 Å². The van der Waals surface area contributed by atoms with E-state index in [0.717, 1.165) is 0 Å². The first-order chi connectivity index (χ1) is 4.76. The van der Waals surface area contributed by atoms with E-state index in [4.69, 9.17) is 10.8 Å². The van der Waals surface area contributed by atoms with Gasteiger partial charge in [-0.2, -0.15) is 0 Å². The van der Waals surface area contributed by atoms with Gasteiger partial charge in [-0.15, -0.1) is 0 Å². The second kappa shape index (κ2) is 11.2. The van der Waals surface area contributed by atoms with E-state index >= 15 is 0 Å². The molecule has 0 rings (SSSR count). The van der Waals surface area contributed by atoms with Crippen LogP contribution in [-0.2, 0) is 0 Å². The third-order valence-electron chi connectivity index (χ3n) is 1.34. The average molecular weight is 143 g/mol. The van der Waals surface area contributed by atoms with Crippen molar-refractivity contribution in [3.05, 3.63) is 0 Å². The van der Waals surface area contributed by atoms with E-state index in [2.05, 4.69) is 25.7 Å². The molecule has 0 amide bonds. The van der Waals surface area contributed by atoms with Crippen LogP contribution in [0, 0.1) is 10.8 Å². The molecule has 0 saturated carbocycles. The Kier molecular flexibility index (Phi) is 13.5. The van der Waals surface area contributed by atoms with Crippen LogP contribution in [0.1, 0.15) is 20.8 Å². The number of nitrogens with zero attached hydrogens (tertiary/aromatic N) is 1. The first-order valence-corrected chi connectivity index (χ1v) is 3.57. The predicted molar refractivity (Wildman–Crippen MR) is 43.9 cm³/mol. The van der Waals surface area contributed by atoms with Crippen LogP contribution in [0.2, 0.25) is 0 Å². The van der Waals surface area contributed by atoms with Gasteiger partial charge in [0.25, 0.3) is 0 Å². The van der Waals surface area contributed by atoms with Gasteiger partial charge in [-0.1, -0.05) is 20.8 Å². The fraction of sp³-hybridized carbons (Fsp3) is 0.857. The van der Waals surface area contributed by atoms with E-state index in [1.54, 1.807) is 0 Å². The van der Waals surface area contributed by atoms with E-state index in [9.17, 15) is 0 Å². The van der Waals surface area contributed by atoms with E-state index in [1.165, 1.54) is 25.6 Å². The molecule has 2 N–H and O–H groups in total. The Bertz CT molecular complexity index is 75.3. The summed E-state index contributed by atoms with van der Waals surface area (Å²) in [5.74, 6) is 0. The molecule has 0 spiro atoms. The second-order valence-electron chi connectivity index (χ2n) is 1.74. The zero-order valence-corrected chi connectivity index (χ0v) is 7.07. The minimum atomic E-state index is 1.19.